The smallest absolute Gasteiger partial charge is 0.131 e. The van der Waals surface area contributed by atoms with Crippen LogP contribution in [0.15, 0.2) is 103 Å². The molecule has 302 valence electrons. The number of para-hydroxylation sites is 1. The minimum atomic E-state index is 0.0241. The molecular formula is C57H63NO. The summed E-state index contributed by atoms with van der Waals surface area (Å²) in [6.45, 7) is 19.5. The van der Waals surface area contributed by atoms with Crippen molar-refractivity contribution in [3.05, 3.63) is 137 Å². The molecule has 6 aliphatic carbocycles. The molecule has 0 amide bonds. The first-order valence-corrected chi connectivity index (χ1v) is 23.2. The van der Waals surface area contributed by atoms with Crippen LogP contribution in [-0.2, 0) is 27.1 Å². The molecule has 1 heterocycles. The zero-order chi connectivity index (χ0) is 40.5. The molecule has 4 saturated carbocycles. The van der Waals surface area contributed by atoms with Crippen LogP contribution < -0.4 is 9.64 Å². The normalized spacial score (nSPS) is 31.3. The number of ether oxygens (including phenoxy) is 1. The van der Waals surface area contributed by atoms with E-state index in [9.17, 15) is 0 Å². The van der Waals surface area contributed by atoms with Gasteiger partial charge in [0.15, 0.2) is 0 Å². The molecule has 7 aliphatic rings. The van der Waals surface area contributed by atoms with Crippen molar-refractivity contribution in [3.8, 4) is 22.6 Å². The number of hydrogen-bond donors (Lipinski definition) is 0. The predicted molar refractivity (Wildman–Crippen MR) is 244 cm³/mol. The van der Waals surface area contributed by atoms with Crippen LogP contribution in [0.5, 0.6) is 11.5 Å². The van der Waals surface area contributed by atoms with Gasteiger partial charge < -0.3 is 9.64 Å². The maximum Gasteiger partial charge on any atom is 0.131 e. The zero-order valence-electron chi connectivity index (χ0n) is 36.8. The van der Waals surface area contributed by atoms with Crippen LogP contribution in [-0.4, -0.2) is 0 Å². The highest BCUT2D eigenvalue weighted by molar-refractivity contribution is 5.81. The van der Waals surface area contributed by atoms with Crippen molar-refractivity contribution in [2.45, 2.75) is 140 Å². The van der Waals surface area contributed by atoms with Crippen LogP contribution >= 0.6 is 0 Å². The lowest BCUT2D eigenvalue weighted by Gasteiger charge is -2.66. The summed E-state index contributed by atoms with van der Waals surface area (Å²) in [5.41, 5.74) is 16.5. The highest BCUT2D eigenvalue weighted by atomic mass is 16.5. The molecule has 4 unspecified atom stereocenters. The Hall–Kier alpha value is -4.30. The van der Waals surface area contributed by atoms with Gasteiger partial charge in [-0.05, 0) is 190 Å². The van der Waals surface area contributed by atoms with E-state index in [1.54, 1.807) is 0 Å². The molecule has 0 radical (unpaired) electrons. The fraction of sp³-hybridized carbons (Fsp3) is 0.474. The molecule has 0 saturated heterocycles. The lowest BCUT2D eigenvalue weighted by molar-refractivity contribution is -0.0882. The molecule has 4 atom stereocenters. The Kier molecular flexibility index (Phi) is 7.27. The van der Waals surface area contributed by atoms with Crippen molar-refractivity contribution in [3.63, 3.8) is 0 Å². The summed E-state index contributed by atoms with van der Waals surface area (Å²) in [4.78, 5) is 2.57. The third-order valence-electron chi connectivity index (χ3n) is 18.3. The van der Waals surface area contributed by atoms with E-state index in [4.69, 9.17) is 4.74 Å². The van der Waals surface area contributed by atoms with Gasteiger partial charge in [-0.3, -0.25) is 0 Å². The van der Waals surface area contributed by atoms with Crippen LogP contribution in [0, 0.1) is 29.1 Å². The van der Waals surface area contributed by atoms with Crippen molar-refractivity contribution in [2.75, 3.05) is 4.90 Å². The van der Waals surface area contributed by atoms with Gasteiger partial charge in [-0.25, -0.2) is 0 Å². The van der Waals surface area contributed by atoms with E-state index in [1.807, 2.05) is 0 Å². The van der Waals surface area contributed by atoms with Crippen LogP contribution in [0.1, 0.15) is 147 Å². The van der Waals surface area contributed by atoms with E-state index in [1.165, 1.54) is 119 Å². The maximum atomic E-state index is 6.93. The molecule has 5 aromatic carbocycles. The molecule has 59 heavy (non-hydrogen) atoms. The molecule has 3 bridgehead atoms. The SMILES string of the molecule is CC1(C)CCC(C)(C)c2cc(-c3ccc(N(c4ccc5c(c4)C(C)(C)CCC5(C)C)c4ccc5c(c4)C4(c6ccccc6O5)C5CC6CC7CC4C5(C6)C7)cc3)ccc21. The second-order valence-electron chi connectivity index (χ2n) is 23.2. The van der Waals surface area contributed by atoms with E-state index >= 15 is 0 Å². The number of rotatable bonds is 4. The van der Waals surface area contributed by atoms with Gasteiger partial charge in [0.1, 0.15) is 11.5 Å². The fourth-order valence-electron chi connectivity index (χ4n) is 15.2. The number of nitrogens with zero attached hydrogens (tertiary/aromatic N) is 1. The Morgan fingerprint density at radius 1 is 0.441 bits per heavy atom. The standard InChI is InChI=1S/C57H63NO/c1-52(2)23-25-54(5,6)45-30-38(15-20-42(45)52)37-13-16-39(17-14-37)58(40-18-21-43-46(31-40)55(7,8)26-24-53(43,3)4)41-19-22-49-47(32-41)57(44-11-9-10-12-48(44)59-49)50-28-35-27-36-29-51(57)56(50,33-35)34-36/h9-22,30-32,35-36,50-51H,23-29,33-34H2,1-8H3. The second-order valence-corrected chi connectivity index (χ2v) is 23.2. The van der Waals surface area contributed by atoms with Gasteiger partial charge in [0.05, 0.1) is 0 Å². The van der Waals surface area contributed by atoms with Crippen molar-refractivity contribution in [1.29, 1.82) is 0 Å². The lowest BCUT2D eigenvalue weighted by atomic mass is 9.37. The van der Waals surface area contributed by atoms with Crippen LogP contribution in [0.25, 0.3) is 11.1 Å². The summed E-state index contributed by atoms with van der Waals surface area (Å²) >= 11 is 0. The molecule has 12 rings (SSSR count). The van der Waals surface area contributed by atoms with Crippen molar-refractivity contribution in [1.82, 2.24) is 0 Å². The summed E-state index contributed by atoms with van der Waals surface area (Å²) < 4.78 is 6.93. The third-order valence-corrected chi connectivity index (χ3v) is 18.3. The van der Waals surface area contributed by atoms with Crippen molar-refractivity contribution >= 4 is 17.1 Å². The average molecular weight is 778 g/mol. The molecule has 0 N–H and O–H groups in total. The van der Waals surface area contributed by atoms with E-state index in [-0.39, 0.29) is 27.1 Å². The summed E-state index contributed by atoms with van der Waals surface area (Å²) in [5.74, 6) is 5.36. The Morgan fingerprint density at radius 2 is 0.932 bits per heavy atom. The van der Waals surface area contributed by atoms with Crippen LogP contribution in [0.3, 0.4) is 0 Å². The summed E-state index contributed by atoms with van der Waals surface area (Å²) in [6, 6.07) is 40.7. The average Bonchev–Trinajstić information content (AvgIpc) is 3.61. The minimum absolute atomic E-state index is 0.0241. The van der Waals surface area contributed by atoms with Gasteiger partial charge in [-0.1, -0.05) is 110 Å². The number of fused-ring (bicyclic) bond motifs is 10. The molecule has 1 aliphatic heterocycles. The maximum absolute atomic E-state index is 6.93. The molecule has 4 fully saturated rings. The van der Waals surface area contributed by atoms with Crippen molar-refractivity contribution in [2.24, 2.45) is 29.1 Å². The predicted octanol–water partition coefficient (Wildman–Crippen LogP) is 15.4. The first-order chi connectivity index (χ1) is 28.1. The second kappa shape index (κ2) is 11.7. The Bertz CT molecular complexity index is 2540. The van der Waals surface area contributed by atoms with E-state index in [0.717, 1.165) is 23.3 Å². The molecule has 2 heteroatoms. The summed E-state index contributed by atoms with van der Waals surface area (Å²) in [5, 5.41) is 0. The highest BCUT2D eigenvalue weighted by Crippen LogP contribution is 2.85. The van der Waals surface area contributed by atoms with E-state index < -0.39 is 0 Å². The van der Waals surface area contributed by atoms with Crippen molar-refractivity contribution < 1.29 is 4.74 Å². The molecule has 5 aromatic rings. The quantitative estimate of drug-likeness (QED) is 0.180. The molecular weight excluding hydrogens is 715 g/mol. The Morgan fingerprint density at radius 3 is 1.58 bits per heavy atom. The van der Waals surface area contributed by atoms with Gasteiger partial charge in [-0.15, -0.1) is 0 Å². The topological polar surface area (TPSA) is 12.5 Å². The first-order valence-electron chi connectivity index (χ1n) is 23.2. The monoisotopic (exact) mass is 777 g/mol. The number of anilines is 3. The lowest BCUT2D eigenvalue weighted by Crippen LogP contribution is -2.64. The third kappa shape index (κ3) is 4.87. The Labute approximate surface area is 353 Å². The summed E-state index contributed by atoms with van der Waals surface area (Å²) in [6.07, 6.45) is 12.0. The highest BCUT2D eigenvalue weighted by Gasteiger charge is 2.79. The summed E-state index contributed by atoms with van der Waals surface area (Å²) in [7, 11) is 0. The molecule has 2 nitrogen and oxygen atoms in total. The first kappa shape index (κ1) is 36.5. The minimum Gasteiger partial charge on any atom is -0.457 e. The van der Waals surface area contributed by atoms with Gasteiger partial charge in [0.2, 0.25) is 0 Å². The van der Waals surface area contributed by atoms with Crippen LogP contribution in [0.4, 0.5) is 17.1 Å². The Balaban J connectivity index is 1.02. The van der Waals surface area contributed by atoms with Gasteiger partial charge in [-0.2, -0.15) is 0 Å². The van der Waals surface area contributed by atoms with Gasteiger partial charge in [0, 0.05) is 33.6 Å². The number of hydrogen-bond acceptors (Lipinski definition) is 2. The molecule has 0 aromatic heterocycles. The molecule has 2 spiro atoms. The largest absolute Gasteiger partial charge is 0.457 e. The number of benzene rings is 5. The van der Waals surface area contributed by atoms with E-state index in [2.05, 4.69) is 163 Å². The van der Waals surface area contributed by atoms with Crippen LogP contribution in [0.2, 0.25) is 0 Å². The van der Waals surface area contributed by atoms with E-state index in [0.29, 0.717) is 17.3 Å². The van der Waals surface area contributed by atoms with Gasteiger partial charge >= 0.3 is 0 Å². The zero-order valence-corrected chi connectivity index (χ0v) is 36.8. The van der Waals surface area contributed by atoms with Gasteiger partial charge in [0.25, 0.3) is 0 Å². The fourth-order valence-corrected chi connectivity index (χ4v) is 15.2.